The van der Waals surface area contributed by atoms with Crippen LogP contribution in [0.3, 0.4) is 0 Å². The number of rotatable bonds is 3. The van der Waals surface area contributed by atoms with E-state index in [4.69, 9.17) is 5.11 Å². The Kier molecular flexibility index (Phi) is 3.65. The number of hydrogen-bond acceptors (Lipinski definition) is 1. The lowest BCUT2D eigenvalue weighted by Crippen LogP contribution is -1.90. The standard InChI is InChI=1S/C8H11FO/c1-6(2)8(5-10)4-7(3)9/h4,10H,1,3,5H2,2H3/b8-4-. The van der Waals surface area contributed by atoms with E-state index < -0.39 is 5.83 Å². The first-order valence-electron chi connectivity index (χ1n) is 2.89. The molecule has 0 aliphatic rings. The van der Waals surface area contributed by atoms with Crippen LogP contribution in [0.25, 0.3) is 0 Å². The third-order valence-electron chi connectivity index (χ3n) is 1.05. The molecule has 0 aliphatic carbocycles. The molecule has 0 heterocycles. The number of halogens is 1. The zero-order valence-electron chi connectivity index (χ0n) is 6.02. The molecule has 0 radical (unpaired) electrons. The van der Waals surface area contributed by atoms with Crippen LogP contribution in [-0.2, 0) is 0 Å². The zero-order chi connectivity index (χ0) is 8.15. The lowest BCUT2D eigenvalue weighted by molar-refractivity contribution is 0.333. The average molecular weight is 142 g/mol. The molecule has 0 amide bonds. The molecule has 0 unspecified atom stereocenters. The predicted molar refractivity (Wildman–Crippen MR) is 40.2 cm³/mol. The van der Waals surface area contributed by atoms with Gasteiger partial charge in [0, 0.05) is 0 Å². The van der Waals surface area contributed by atoms with E-state index in [1.54, 1.807) is 6.92 Å². The third-order valence-corrected chi connectivity index (χ3v) is 1.05. The van der Waals surface area contributed by atoms with Gasteiger partial charge < -0.3 is 5.11 Å². The lowest BCUT2D eigenvalue weighted by atomic mass is 10.1. The molecule has 1 nitrogen and oxygen atoms in total. The van der Waals surface area contributed by atoms with E-state index in [-0.39, 0.29) is 6.61 Å². The molecule has 0 bridgehead atoms. The van der Waals surface area contributed by atoms with Crippen molar-refractivity contribution in [2.24, 2.45) is 0 Å². The van der Waals surface area contributed by atoms with Gasteiger partial charge in [0.15, 0.2) is 0 Å². The fourth-order valence-corrected chi connectivity index (χ4v) is 0.493. The summed E-state index contributed by atoms with van der Waals surface area (Å²) in [6.45, 7) is 8.08. The number of aliphatic hydroxyl groups excluding tert-OH is 1. The summed E-state index contributed by atoms with van der Waals surface area (Å²) < 4.78 is 12.1. The Labute approximate surface area is 60.2 Å². The molecule has 0 aromatic rings. The van der Waals surface area contributed by atoms with Crippen molar-refractivity contribution in [3.63, 3.8) is 0 Å². The van der Waals surface area contributed by atoms with Crippen molar-refractivity contribution < 1.29 is 9.50 Å². The second-order valence-corrected chi connectivity index (χ2v) is 2.05. The van der Waals surface area contributed by atoms with Gasteiger partial charge in [0.1, 0.15) is 5.83 Å². The summed E-state index contributed by atoms with van der Waals surface area (Å²) in [5.41, 5.74) is 1.13. The van der Waals surface area contributed by atoms with Crippen molar-refractivity contribution in [3.8, 4) is 0 Å². The first-order valence-corrected chi connectivity index (χ1v) is 2.89. The van der Waals surface area contributed by atoms with Crippen LogP contribution in [0.4, 0.5) is 4.39 Å². The van der Waals surface area contributed by atoms with Gasteiger partial charge in [0.05, 0.1) is 6.61 Å². The maximum Gasteiger partial charge on any atom is 0.116 e. The smallest absolute Gasteiger partial charge is 0.116 e. The van der Waals surface area contributed by atoms with Crippen molar-refractivity contribution in [2.45, 2.75) is 6.92 Å². The molecule has 56 valence electrons. The number of allylic oxidation sites excluding steroid dienone is 2. The SMILES string of the molecule is C=C(F)/C=C(/CO)C(=C)C. The highest BCUT2D eigenvalue weighted by Gasteiger charge is 1.95. The Morgan fingerprint density at radius 3 is 2.20 bits per heavy atom. The molecular weight excluding hydrogens is 131 g/mol. The minimum Gasteiger partial charge on any atom is -0.392 e. The summed E-state index contributed by atoms with van der Waals surface area (Å²) in [6.07, 6.45) is 1.17. The highest BCUT2D eigenvalue weighted by molar-refractivity contribution is 5.31. The van der Waals surface area contributed by atoms with Crippen LogP contribution in [0.2, 0.25) is 0 Å². The lowest BCUT2D eigenvalue weighted by Gasteiger charge is -1.99. The Hall–Kier alpha value is -0.890. The van der Waals surface area contributed by atoms with Gasteiger partial charge >= 0.3 is 0 Å². The highest BCUT2D eigenvalue weighted by Crippen LogP contribution is 2.08. The zero-order valence-corrected chi connectivity index (χ0v) is 6.02. The second kappa shape index (κ2) is 4.01. The van der Waals surface area contributed by atoms with Crippen LogP contribution in [-0.4, -0.2) is 11.7 Å². The molecule has 0 atom stereocenters. The van der Waals surface area contributed by atoms with Crippen molar-refractivity contribution in [3.05, 3.63) is 36.2 Å². The highest BCUT2D eigenvalue weighted by atomic mass is 19.1. The van der Waals surface area contributed by atoms with Gasteiger partial charge in [-0.1, -0.05) is 18.7 Å². The van der Waals surface area contributed by atoms with Crippen LogP contribution in [0, 0.1) is 0 Å². The first-order chi connectivity index (χ1) is 4.57. The van der Waals surface area contributed by atoms with E-state index in [1.165, 1.54) is 6.08 Å². The molecule has 0 aromatic carbocycles. The van der Waals surface area contributed by atoms with Gasteiger partial charge in [-0.25, -0.2) is 4.39 Å². The summed E-state index contributed by atoms with van der Waals surface area (Å²) in [5, 5.41) is 8.61. The van der Waals surface area contributed by atoms with E-state index in [1.807, 2.05) is 0 Å². The monoisotopic (exact) mass is 142 g/mol. The van der Waals surface area contributed by atoms with E-state index in [0.717, 1.165) is 0 Å². The summed E-state index contributed by atoms with van der Waals surface area (Å²) in [7, 11) is 0. The number of hydrogen-bond donors (Lipinski definition) is 1. The fraction of sp³-hybridized carbons (Fsp3) is 0.250. The molecule has 0 saturated carbocycles. The molecule has 0 aliphatic heterocycles. The summed E-state index contributed by atoms with van der Waals surface area (Å²) in [4.78, 5) is 0. The van der Waals surface area contributed by atoms with E-state index >= 15 is 0 Å². The fourth-order valence-electron chi connectivity index (χ4n) is 0.493. The predicted octanol–water partition coefficient (Wildman–Crippen LogP) is 1.96. The molecule has 10 heavy (non-hydrogen) atoms. The van der Waals surface area contributed by atoms with Crippen LogP contribution >= 0.6 is 0 Å². The van der Waals surface area contributed by atoms with Crippen molar-refractivity contribution >= 4 is 0 Å². The molecule has 0 aromatic heterocycles. The minimum absolute atomic E-state index is 0.196. The maximum absolute atomic E-state index is 12.1. The van der Waals surface area contributed by atoms with Crippen molar-refractivity contribution in [1.82, 2.24) is 0 Å². The molecule has 2 heteroatoms. The van der Waals surface area contributed by atoms with Crippen LogP contribution in [0.5, 0.6) is 0 Å². The molecule has 1 N–H and O–H groups in total. The quantitative estimate of drug-likeness (QED) is 0.597. The minimum atomic E-state index is -0.563. The molecule has 0 saturated heterocycles. The number of aliphatic hydroxyl groups is 1. The van der Waals surface area contributed by atoms with E-state index in [2.05, 4.69) is 13.2 Å². The van der Waals surface area contributed by atoms with Gasteiger partial charge in [0.2, 0.25) is 0 Å². The summed E-state index contributed by atoms with van der Waals surface area (Å²) in [6, 6.07) is 0. The topological polar surface area (TPSA) is 20.2 Å². The van der Waals surface area contributed by atoms with E-state index in [0.29, 0.717) is 11.1 Å². The van der Waals surface area contributed by atoms with Gasteiger partial charge in [0.25, 0.3) is 0 Å². The Morgan fingerprint density at radius 1 is 1.60 bits per heavy atom. The average Bonchev–Trinajstić information content (AvgIpc) is 1.81. The Balaban J connectivity index is 4.34. The Morgan fingerprint density at radius 2 is 2.10 bits per heavy atom. The summed E-state index contributed by atoms with van der Waals surface area (Å²) >= 11 is 0. The third kappa shape index (κ3) is 3.20. The van der Waals surface area contributed by atoms with E-state index in [9.17, 15) is 4.39 Å². The first kappa shape index (κ1) is 9.11. The molecule has 0 fully saturated rings. The van der Waals surface area contributed by atoms with Crippen LogP contribution in [0.15, 0.2) is 36.2 Å². The van der Waals surface area contributed by atoms with Gasteiger partial charge in [-0.2, -0.15) is 0 Å². The maximum atomic E-state index is 12.1. The van der Waals surface area contributed by atoms with Gasteiger partial charge in [-0.05, 0) is 18.6 Å². The van der Waals surface area contributed by atoms with Crippen LogP contribution in [0.1, 0.15) is 6.92 Å². The van der Waals surface area contributed by atoms with Crippen LogP contribution < -0.4 is 0 Å². The molecular formula is C8H11FO. The summed E-state index contributed by atoms with van der Waals surface area (Å²) in [5.74, 6) is -0.563. The van der Waals surface area contributed by atoms with Crippen molar-refractivity contribution in [2.75, 3.05) is 6.61 Å². The Bertz CT molecular complexity index is 180. The van der Waals surface area contributed by atoms with Gasteiger partial charge in [-0.15, -0.1) is 0 Å². The molecule has 0 spiro atoms. The second-order valence-electron chi connectivity index (χ2n) is 2.05. The van der Waals surface area contributed by atoms with Gasteiger partial charge in [-0.3, -0.25) is 0 Å². The normalized spacial score (nSPS) is 11.3. The largest absolute Gasteiger partial charge is 0.392 e. The van der Waals surface area contributed by atoms with Crippen molar-refractivity contribution in [1.29, 1.82) is 0 Å². The molecule has 0 rings (SSSR count).